The van der Waals surface area contributed by atoms with E-state index < -0.39 is 29.0 Å². The van der Waals surface area contributed by atoms with Crippen molar-refractivity contribution >= 4 is 33.8 Å². The fourth-order valence-corrected chi connectivity index (χ4v) is 3.24. The van der Waals surface area contributed by atoms with Gasteiger partial charge in [0.25, 0.3) is 5.91 Å². The van der Waals surface area contributed by atoms with E-state index in [2.05, 4.69) is 10.3 Å². The molecule has 0 spiro atoms. The minimum absolute atomic E-state index is 0.256. The van der Waals surface area contributed by atoms with Crippen molar-refractivity contribution in [3.63, 3.8) is 0 Å². The van der Waals surface area contributed by atoms with Crippen molar-refractivity contribution in [1.29, 1.82) is 0 Å². The highest BCUT2D eigenvalue weighted by molar-refractivity contribution is 7.17. The molecule has 0 fully saturated rings. The molecule has 0 aliphatic heterocycles. The second-order valence-corrected chi connectivity index (χ2v) is 6.46. The Labute approximate surface area is 151 Å². The number of aryl methyl sites for hydroxylation is 1. The first-order valence-corrected chi connectivity index (χ1v) is 8.41. The van der Waals surface area contributed by atoms with E-state index in [1.165, 1.54) is 0 Å². The summed E-state index contributed by atoms with van der Waals surface area (Å²) in [6.45, 7) is 1.65. The van der Waals surface area contributed by atoms with Gasteiger partial charge in [-0.1, -0.05) is 29.5 Å². The number of aromatic nitrogens is 1. The van der Waals surface area contributed by atoms with Gasteiger partial charge in [0, 0.05) is 12.7 Å². The molecule has 4 nitrogen and oxygen atoms in total. The summed E-state index contributed by atoms with van der Waals surface area (Å²) in [5.41, 5.74) is 0.910. The SMILES string of the molecule is Cc1nc(N(C)c2ccccc2)sc1C(=O)Nc1ccc(F)c(F)c1F. The molecule has 0 saturated heterocycles. The third kappa shape index (κ3) is 3.41. The molecule has 2 aromatic carbocycles. The standard InChI is InChI=1S/C18H14F3N3OS/c1-10-16(17(25)23-13-9-8-12(19)14(20)15(13)21)26-18(22-10)24(2)11-6-4-3-5-7-11/h3-9H,1-2H3,(H,23,25). The van der Waals surface area contributed by atoms with E-state index in [1.54, 1.807) is 6.92 Å². The molecule has 0 aliphatic rings. The van der Waals surface area contributed by atoms with Crippen LogP contribution in [-0.2, 0) is 0 Å². The van der Waals surface area contributed by atoms with Crippen LogP contribution < -0.4 is 10.2 Å². The second kappa shape index (κ2) is 7.17. The fourth-order valence-electron chi connectivity index (χ4n) is 2.30. The number of amides is 1. The average molecular weight is 377 g/mol. The largest absolute Gasteiger partial charge is 0.321 e. The van der Waals surface area contributed by atoms with Gasteiger partial charge in [-0.15, -0.1) is 0 Å². The van der Waals surface area contributed by atoms with Gasteiger partial charge in [0.15, 0.2) is 22.6 Å². The highest BCUT2D eigenvalue weighted by Crippen LogP contribution is 2.31. The number of halogens is 3. The van der Waals surface area contributed by atoms with Gasteiger partial charge in [-0.3, -0.25) is 4.79 Å². The van der Waals surface area contributed by atoms with Crippen LogP contribution in [0.1, 0.15) is 15.4 Å². The lowest BCUT2D eigenvalue weighted by Crippen LogP contribution is -2.13. The Morgan fingerprint density at radius 2 is 1.77 bits per heavy atom. The molecule has 26 heavy (non-hydrogen) atoms. The fraction of sp³-hybridized carbons (Fsp3) is 0.111. The van der Waals surface area contributed by atoms with Crippen molar-refractivity contribution in [3.8, 4) is 0 Å². The van der Waals surface area contributed by atoms with E-state index in [1.807, 2.05) is 42.3 Å². The topological polar surface area (TPSA) is 45.2 Å². The van der Waals surface area contributed by atoms with Crippen LogP contribution in [0.3, 0.4) is 0 Å². The maximum absolute atomic E-state index is 13.7. The normalized spacial score (nSPS) is 10.7. The molecule has 1 N–H and O–H groups in total. The van der Waals surface area contributed by atoms with Crippen LogP contribution in [0.25, 0.3) is 0 Å². The predicted molar refractivity (Wildman–Crippen MR) is 95.6 cm³/mol. The Morgan fingerprint density at radius 1 is 1.08 bits per heavy atom. The molecule has 0 radical (unpaired) electrons. The van der Waals surface area contributed by atoms with E-state index >= 15 is 0 Å². The number of nitrogens with zero attached hydrogens (tertiary/aromatic N) is 2. The van der Waals surface area contributed by atoms with Gasteiger partial charge in [-0.25, -0.2) is 18.2 Å². The van der Waals surface area contributed by atoms with Crippen molar-refractivity contribution in [2.24, 2.45) is 0 Å². The summed E-state index contributed by atoms with van der Waals surface area (Å²) in [4.78, 5) is 18.8. The molecule has 0 bridgehead atoms. The molecule has 8 heteroatoms. The number of rotatable bonds is 4. The van der Waals surface area contributed by atoms with Crippen molar-refractivity contribution in [2.45, 2.75) is 6.92 Å². The molecule has 1 amide bonds. The van der Waals surface area contributed by atoms with Crippen LogP contribution in [0, 0.1) is 24.4 Å². The summed E-state index contributed by atoms with van der Waals surface area (Å²) in [5, 5.41) is 2.83. The van der Waals surface area contributed by atoms with Crippen molar-refractivity contribution < 1.29 is 18.0 Å². The molecular formula is C18H14F3N3OS. The quantitative estimate of drug-likeness (QED) is 0.659. The molecule has 0 unspecified atom stereocenters. The Bertz CT molecular complexity index is 960. The smallest absolute Gasteiger partial charge is 0.267 e. The molecule has 0 aliphatic carbocycles. The first kappa shape index (κ1) is 17.9. The van der Waals surface area contributed by atoms with Gasteiger partial charge < -0.3 is 10.2 Å². The average Bonchev–Trinajstić information content (AvgIpc) is 3.04. The zero-order chi connectivity index (χ0) is 18.8. The van der Waals surface area contributed by atoms with Gasteiger partial charge in [0.05, 0.1) is 11.4 Å². The highest BCUT2D eigenvalue weighted by Gasteiger charge is 2.21. The van der Waals surface area contributed by atoms with Crippen molar-refractivity contribution in [2.75, 3.05) is 17.3 Å². The summed E-state index contributed by atoms with van der Waals surface area (Å²) < 4.78 is 40.0. The molecule has 0 atom stereocenters. The minimum Gasteiger partial charge on any atom is -0.321 e. The summed E-state index contributed by atoms with van der Waals surface area (Å²) in [6, 6.07) is 11.2. The maximum atomic E-state index is 13.7. The zero-order valence-electron chi connectivity index (χ0n) is 13.9. The lowest BCUT2D eigenvalue weighted by atomic mass is 10.2. The first-order chi connectivity index (χ1) is 12.4. The zero-order valence-corrected chi connectivity index (χ0v) is 14.7. The first-order valence-electron chi connectivity index (χ1n) is 7.59. The van der Waals surface area contributed by atoms with Crippen LogP contribution in [0.5, 0.6) is 0 Å². The number of anilines is 3. The number of thiazole rings is 1. The molecule has 3 rings (SSSR count). The number of carbonyl (C=O) groups excluding carboxylic acids is 1. The monoisotopic (exact) mass is 377 g/mol. The lowest BCUT2D eigenvalue weighted by molar-refractivity contribution is 0.102. The molecular weight excluding hydrogens is 363 g/mol. The van der Waals surface area contributed by atoms with Gasteiger partial charge in [-0.2, -0.15) is 0 Å². The van der Waals surface area contributed by atoms with Crippen LogP contribution in [0.15, 0.2) is 42.5 Å². The third-order valence-electron chi connectivity index (χ3n) is 3.71. The second-order valence-electron chi connectivity index (χ2n) is 5.48. The van der Waals surface area contributed by atoms with E-state index in [4.69, 9.17) is 0 Å². The summed E-state index contributed by atoms with van der Waals surface area (Å²) in [5.74, 6) is -5.03. The molecule has 1 heterocycles. The number of hydrogen-bond acceptors (Lipinski definition) is 4. The Balaban J connectivity index is 1.85. The number of benzene rings is 2. The number of nitrogens with one attached hydrogen (secondary N) is 1. The van der Waals surface area contributed by atoms with Gasteiger partial charge >= 0.3 is 0 Å². The maximum Gasteiger partial charge on any atom is 0.267 e. The summed E-state index contributed by atoms with van der Waals surface area (Å²) in [6.07, 6.45) is 0. The van der Waals surface area contributed by atoms with Crippen LogP contribution in [0.2, 0.25) is 0 Å². The van der Waals surface area contributed by atoms with Crippen molar-refractivity contribution in [3.05, 3.63) is 70.5 Å². The molecule has 1 aromatic heterocycles. The molecule has 3 aromatic rings. The van der Waals surface area contributed by atoms with Gasteiger partial charge in [0.2, 0.25) is 0 Å². The Hall–Kier alpha value is -2.87. The minimum atomic E-state index is -1.63. The summed E-state index contributed by atoms with van der Waals surface area (Å²) in [7, 11) is 1.81. The van der Waals surface area contributed by atoms with Crippen molar-refractivity contribution in [1.82, 2.24) is 4.98 Å². The molecule has 134 valence electrons. The number of carbonyl (C=O) groups is 1. The predicted octanol–water partition coefficient (Wildman–Crippen LogP) is 4.89. The van der Waals surface area contributed by atoms with Gasteiger partial charge in [0.1, 0.15) is 4.88 Å². The van der Waals surface area contributed by atoms with E-state index in [9.17, 15) is 18.0 Å². The number of para-hydroxylation sites is 1. The van der Waals surface area contributed by atoms with E-state index in [0.717, 1.165) is 29.2 Å². The van der Waals surface area contributed by atoms with Crippen LogP contribution in [0.4, 0.5) is 29.7 Å². The Morgan fingerprint density at radius 3 is 2.46 bits per heavy atom. The molecule has 0 saturated carbocycles. The van der Waals surface area contributed by atoms with Crippen LogP contribution >= 0.6 is 11.3 Å². The Kier molecular flexibility index (Phi) is 4.94. The highest BCUT2D eigenvalue weighted by atomic mass is 32.1. The van der Waals surface area contributed by atoms with Gasteiger partial charge in [-0.05, 0) is 31.2 Å². The van der Waals surface area contributed by atoms with E-state index in [0.29, 0.717) is 10.8 Å². The number of hydrogen-bond donors (Lipinski definition) is 1. The van der Waals surface area contributed by atoms with E-state index in [-0.39, 0.29) is 4.88 Å². The third-order valence-corrected chi connectivity index (χ3v) is 4.94. The van der Waals surface area contributed by atoms with Crippen LogP contribution in [-0.4, -0.2) is 17.9 Å². The summed E-state index contributed by atoms with van der Waals surface area (Å²) >= 11 is 1.12. The lowest BCUT2D eigenvalue weighted by Gasteiger charge is -2.15.